The molecule has 6 nitrogen and oxygen atoms in total. The van der Waals surface area contributed by atoms with Crippen LogP contribution in [0.2, 0.25) is 5.02 Å². The van der Waals surface area contributed by atoms with E-state index in [0.29, 0.717) is 4.60 Å². The zero-order chi connectivity index (χ0) is 14.8. The van der Waals surface area contributed by atoms with Crippen LogP contribution in [0.25, 0.3) is 0 Å². The number of hydrogen-bond acceptors (Lipinski definition) is 5. The lowest BCUT2D eigenvalue weighted by Crippen LogP contribution is -2.15. The molecule has 0 amide bonds. The number of nitrogens with zero attached hydrogens (tertiary/aromatic N) is 2. The van der Waals surface area contributed by atoms with Crippen molar-refractivity contribution in [1.82, 2.24) is 9.97 Å². The van der Waals surface area contributed by atoms with Crippen molar-refractivity contribution < 1.29 is 13.2 Å². The summed E-state index contributed by atoms with van der Waals surface area (Å²) in [6, 6.07) is 6.09. The van der Waals surface area contributed by atoms with E-state index in [1.165, 1.54) is 25.4 Å². The summed E-state index contributed by atoms with van der Waals surface area (Å²) in [5, 5.41) is 0.115. The molecule has 20 heavy (non-hydrogen) atoms. The highest BCUT2D eigenvalue weighted by atomic mass is 79.9. The third-order valence-electron chi connectivity index (χ3n) is 2.26. The molecule has 106 valence electrons. The molecule has 9 heteroatoms. The lowest BCUT2D eigenvalue weighted by Gasteiger charge is -2.10. The minimum absolute atomic E-state index is 0.0179. The van der Waals surface area contributed by atoms with Gasteiger partial charge in [0.1, 0.15) is 9.50 Å². The molecule has 0 unspecified atom stereocenters. The van der Waals surface area contributed by atoms with Crippen LogP contribution in [0.1, 0.15) is 0 Å². The van der Waals surface area contributed by atoms with Gasteiger partial charge in [0.15, 0.2) is 0 Å². The maximum Gasteiger partial charge on any atom is 0.264 e. The summed E-state index contributed by atoms with van der Waals surface area (Å²) in [7, 11) is -2.50. The maximum absolute atomic E-state index is 12.2. The van der Waals surface area contributed by atoms with E-state index < -0.39 is 10.0 Å². The van der Waals surface area contributed by atoms with Crippen molar-refractivity contribution in [2.75, 3.05) is 11.8 Å². The fraction of sp³-hybridized carbons (Fsp3) is 0.0909. The van der Waals surface area contributed by atoms with Crippen LogP contribution < -0.4 is 9.46 Å². The average molecular weight is 379 g/mol. The Bertz CT molecular complexity index is 739. The molecule has 0 fully saturated rings. The number of hydrogen-bond donors (Lipinski definition) is 1. The summed E-state index contributed by atoms with van der Waals surface area (Å²) < 4.78 is 32.2. The molecule has 1 aromatic heterocycles. The Morgan fingerprint density at radius 2 is 2.05 bits per heavy atom. The van der Waals surface area contributed by atoms with Gasteiger partial charge in [-0.15, -0.1) is 0 Å². The first-order valence-corrected chi connectivity index (χ1v) is 7.93. The molecular formula is C11H9BrClN3O3S. The smallest absolute Gasteiger partial charge is 0.264 e. The van der Waals surface area contributed by atoms with Crippen molar-refractivity contribution in [3.63, 3.8) is 0 Å². The van der Waals surface area contributed by atoms with Crippen LogP contribution in [-0.4, -0.2) is 25.5 Å². The van der Waals surface area contributed by atoms with E-state index in [0.717, 1.165) is 0 Å². The van der Waals surface area contributed by atoms with Crippen molar-refractivity contribution in [3.05, 3.63) is 40.1 Å². The first kappa shape index (κ1) is 15.0. The van der Waals surface area contributed by atoms with Gasteiger partial charge in [0.05, 0.1) is 18.3 Å². The average Bonchev–Trinajstić information content (AvgIpc) is 2.41. The highest BCUT2D eigenvalue weighted by Crippen LogP contribution is 2.26. The summed E-state index contributed by atoms with van der Waals surface area (Å²) in [6.07, 6.45) is 1.35. The molecule has 0 saturated heterocycles. The molecule has 0 atom stereocenters. The van der Waals surface area contributed by atoms with Crippen LogP contribution in [-0.2, 0) is 10.0 Å². The molecule has 0 bridgehead atoms. The third kappa shape index (κ3) is 3.20. The summed E-state index contributed by atoms with van der Waals surface area (Å²) in [4.78, 5) is 7.84. The van der Waals surface area contributed by atoms with Crippen molar-refractivity contribution in [1.29, 1.82) is 0 Å². The number of halogens is 2. The van der Waals surface area contributed by atoms with Crippen molar-refractivity contribution in [3.8, 4) is 5.88 Å². The molecule has 1 heterocycles. The second-order valence-electron chi connectivity index (χ2n) is 3.59. The van der Waals surface area contributed by atoms with Gasteiger partial charge in [-0.25, -0.2) is 18.4 Å². The minimum Gasteiger partial charge on any atom is -0.478 e. The topological polar surface area (TPSA) is 81.2 Å². The van der Waals surface area contributed by atoms with Crippen LogP contribution in [0.3, 0.4) is 0 Å². The Kier molecular flexibility index (Phi) is 4.46. The number of ether oxygens (including phenoxy) is 1. The van der Waals surface area contributed by atoms with Crippen LogP contribution in [0.15, 0.2) is 40.0 Å². The predicted molar refractivity (Wildman–Crippen MR) is 78.5 cm³/mol. The van der Waals surface area contributed by atoms with Gasteiger partial charge < -0.3 is 4.74 Å². The number of aromatic nitrogens is 2. The van der Waals surface area contributed by atoms with Gasteiger partial charge >= 0.3 is 0 Å². The zero-order valence-electron chi connectivity index (χ0n) is 10.2. The summed E-state index contributed by atoms with van der Waals surface area (Å²) in [6.45, 7) is 0. The summed E-state index contributed by atoms with van der Waals surface area (Å²) in [5.41, 5.74) is 0. The van der Waals surface area contributed by atoms with Crippen molar-refractivity contribution >= 4 is 43.4 Å². The van der Waals surface area contributed by atoms with Crippen LogP contribution in [0.5, 0.6) is 5.88 Å². The van der Waals surface area contributed by atoms with Crippen molar-refractivity contribution in [2.45, 2.75) is 4.90 Å². The van der Waals surface area contributed by atoms with E-state index in [2.05, 4.69) is 30.6 Å². The van der Waals surface area contributed by atoms with Crippen molar-refractivity contribution in [2.24, 2.45) is 0 Å². The number of nitrogens with one attached hydrogen (secondary N) is 1. The van der Waals surface area contributed by atoms with E-state index in [-0.39, 0.29) is 21.6 Å². The van der Waals surface area contributed by atoms with Crippen LogP contribution in [0, 0.1) is 0 Å². The van der Waals surface area contributed by atoms with E-state index in [9.17, 15) is 8.42 Å². The lowest BCUT2D eigenvalue weighted by atomic mass is 10.4. The Labute approximate surface area is 129 Å². The SMILES string of the molecule is COc1nc(Br)cnc1NS(=O)(=O)c1ccccc1Cl. The summed E-state index contributed by atoms with van der Waals surface area (Å²) >= 11 is 9.00. The minimum atomic E-state index is -3.87. The lowest BCUT2D eigenvalue weighted by molar-refractivity contribution is 0.397. The molecule has 0 radical (unpaired) electrons. The second kappa shape index (κ2) is 5.94. The molecule has 1 aromatic carbocycles. The maximum atomic E-state index is 12.2. The molecule has 1 N–H and O–H groups in total. The number of methoxy groups -OCH3 is 1. The molecule has 2 aromatic rings. The van der Waals surface area contributed by atoms with E-state index in [1.807, 2.05) is 0 Å². The molecular weight excluding hydrogens is 370 g/mol. The Morgan fingerprint density at radius 1 is 1.35 bits per heavy atom. The zero-order valence-corrected chi connectivity index (χ0v) is 13.3. The second-order valence-corrected chi connectivity index (χ2v) is 6.46. The Hall–Kier alpha value is -1.38. The molecule has 0 aliphatic carbocycles. The molecule has 2 rings (SSSR count). The van der Waals surface area contributed by atoms with Gasteiger partial charge in [-0.1, -0.05) is 23.7 Å². The molecule has 0 aliphatic rings. The highest BCUT2D eigenvalue weighted by molar-refractivity contribution is 9.10. The largest absolute Gasteiger partial charge is 0.478 e. The van der Waals surface area contributed by atoms with E-state index in [1.54, 1.807) is 12.1 Å². The fourth-order valence-corrected chi connectivity index (χ4v) is 3.20. The molecule has 0 spiro atoms. The van der Waals surface area contributed by atoms with E-state index in [4.69, 9.17) is 16.3 Å². The normalized spacial score (nSPS) is 11.2. The first-order valence-electron chi connectivity index (χ1n) is 5.28. The van der Waals surface area contributed by atoms with Gasteiger partial charge in [0, 0.05) is 0 Å². The first-order chi connectivity index (χ1) is 9.44. The van der Waals surface area contributed by atoms with Crippen LogP contribution in [0.4, 0.5) is 5.82 Å². The quantitative estimate of drug-likeness (QED) is 0.884. The Balaban J connectivity index is 2.41. The van der Waals surface area contributed by atoms with Gasteiger partial charge in [-0.2, -0.15) is 0 Å². The number of sulfonamides is 1. The van der Waals surface area contributed by atoms with Gasteiger partial charge in [0.25, 0.3) is 15.9 Å². The number of benzene rings is 1. The van der Waals surface area contributed by atoms with E-state index >= 15 is 0 Å². The molecule has 0 aliphatic heterocycles. The Morgan fingerprint density at radius 3 is 2.70 bits per heavy atom. The third-order valence-corrected chi connectivity index (χ3v) is 4.48. The monoisotopic (exact) mass is 377 g/mol. The predicted octanol–water partition coefficient (Wildman–Crippen LogP) is 2.70. The van der Waals surface area contributed by atoms with Gasteiger partial charge in [0.2, 0.25) is 5.82 Å². The standard InChI is InChI=1S/C11H9BrClN3O3S/c1-19-11-10(14-6-9(12)15-11)16-20(17,18)8-5-3-2-4-7(8)13/h2-6H,1H3,(H,14,16). The number of rotatable bonds is 4. The molecule has 0 saturated carbocycles. The van der Waals surface area contributed by atoms with Gasteiger partial charge in [-0.3, -0.25) is 4.72 Å². The van der Waals surface area contributed by atoms with Gasteiger partial charge in [-0.05, 0) is 28.1 Å². The highest BCUT2D eigenvalue weighted by Gasteiger charge is 2.20. The number of anilines is 1. The fourth-order valence-electron chi connectivity index (χ4n) is 1.41. The van der Waals surface area contributed by atoms with Crippen LogP contribution >= 0.6 is 27.5 Å². The summed E-state index contributed by atoms with van der Waals surface area (Å²) in [5.74, 6) is 0.0330.